The first-order valence-corrected chi connectivity index (χ1v) is 12.1. The largest absolute Gasteiger partial charge is 0.497 e. The molecule has 5 rings (SSSR count). The van der Waals surface area contributed by atoms with E-state index in [1.54, 1.807) is 42.5 Å². The van der Waals surface area contributed by atoms with Crippen molar-refractivity contribution in [3.8, 4) is 5.75 Å². The monoisotopic (exact) mass is 478 g/mol. The van der Waals surface area contributed by atoms with Gasteiger partial charge in [-0.15, -0.1) is 0 Å². The predicted molar refractivity (Wildman–Crippen MR) is 126 cm³/mol. The lowest BCUT2D eigenvalue weighted by molar-refractivity contribution is -0.144. The number of methoxy groups -OCH3 is 1. The first kappa shape index (κ1) is 23.3. The smallest absolute Gasteiger partial charge is 0.257 e. The molecule has 3 amide bonds. The number of piperidine rings is 1. The van der Waals surface area contributed by atoms with Crippen LogP contribution in [-0.2, 0) is 20.9 Å². The van der Waals surface area contributed by atoms with Gasteiger partial charge in [-0.1, -0.05) is 12.1 Å². The van der Waals surface area contributed by atoms with Crippen LogP contribution in [-0.4, -0.2) is 71.1 Å². The van der Waals surface area contributed by atoms with Gasteiger partial charge >= 0.3 is 0 Å². The Labute approximate surface area is 204 Å². The molecule has 1 spiro atoms. The molecule has 1 atom stereocenters. The van der Waals surface area contributed by atoms with E-state index in [0.29, 0.717) is 37.2 Å². The molecule has 2 saturated heterocycles. The van der Waals surface area contributed by atoms with Crippen LogP contribution in [0.5, 0.6) is 5.75 Å². The molecule has 9 heteroatoms. The molecule has 1 aromatic carbocycles. The van der Waals surface area contributed by atoms with Crippen LogP contribution in [0.15, 0.2) is 48.7 Å². The quantitative estimate of drug-likeness (QED) is 0.681. The Morgan fingerprint density at radius 3 is 2.63 bits per heavy atom. The van der Waals surface area contributed by atoms with Gasteiger partial charge in [0.25, 0.3) is 5.91 Å². The lowest BCUT2D eigenvalue weighted by Crippen LogP contribution is -2.59. The van der Waals surface area contributed by atoms with Crippen LogP contribution in [0.25, 0.3) is 0 Å². The zero-order valence-corrected chi connectivity index (χ0v) is 19.8. The van der Waals surface area contributed by atoms with E-state index in [-0.39, 0.29) is 36.8 Å². The van der Waals surface area contributed by atoms with Crippen molar-refractivity contribution in [2.75, 3.05) is 26.8 Å². The zero-order valence-electron chi connectivity index (χ0n) is 19.8. The average molecular weight is 479 g/mol. The summed E-state index contributed by atoms with van der Waals surface area (Å²) in [5.41, 5.74) is 0.216. The lowest BCUT2D eigenvalue weighted by Gasteiger charge is -2.44. The molecule has 2 aromatic rings. The Morgan fingerprint density at radius 2 is 1.94 bits per heavy atom. The second-order valence-electron chi connectivity index (χ2n) is 9.32. The van der Waals surface area contributed by atoms with Gasteiger partial charge in [-0.2, -0.15) is 0 Å². The third-order valence-corrected chi connectivity index (χ3v) is 7.05. The number of aromatic nitrogens is 1. The number of carbonyl (C=O) groups excluding carboxylic acids is 3. The van der Waals surface area contributed by atoms with Crippen molar-refractivity contribution < 1.29 is 23.9 Å². The second-order valence-corrected chi connectivity index (χ2v) is 9.32. The summed E-state index contributed by atoms with van der Waals surface area (Å²) in [5, 5.41) is 2.91. The zero-order chi connectivity index (χ0) is 24.4. The first-order valence-electron chi connectivity index (χ1n) is 12.1. The molecule has 1 N–H and O–H groups in total. The maximum Gasteiger partial charge on any atom is 0.257 e. The minimum absolute atomic E-state index is 0.0976. The number of pyridine rings is 1. The maximum atomic E-state index is 13.8. The summed E-state index contributed by atoms with van der Waals surface area (Å²) in [5.74, 6) is 0.314. The summed E-state index contributed by atoms with van der Waals surface area (Å²) < 4.78 is 11.5. The van der Waals surface area contributed by atoms with Crippen molar-refractivity contribution >= 4 is 17.7 Å². The van der Waals surface area contributed by atoms with Crippen LogP contribution in [0, 0.1) is 5.92 Å². The molecule has 1 aromatic heterocycles. The van der Waals surface area contributed by atoms with E-state index in [0.717, 1.165) is 18.5 Å². The molecule has 0 bridgehead atoms. The molecule has 3 heterocycles. The fraction of sp³-hybridized carbons (Fsp3) is 0.462. The summed E-state index contributed by atoms with van der Waals surface area (Å²) in [6.07, 6.45) is 4.51. The van der Waals surface area contributed by atoms with Crippen LogP contribution in [0.2, 0.25) is 0 Å². The van der Waals surface area contributed by atoms with E-state index in [1.807, 2.05) is 23.1 Å². The Morgan fingerprint density at radius 1 is 1.14 bits per heavy atom. The van der Waals surface area contributed by atoms with Crippen molar-refractivity contribution in [2.24, 2.45) is 5.92 Å². The summed E-state index contributed by atoms with van der Waals surface area (Å²) in [6, 6.07) is 11.6. The van der Waals surface area contributed by atoms with Gasteiger partial charge in [-0.3, -0.25) is 24.3 Å². The molecule has 9 nitrogen and oxygen atoms in total. The summed E-state index contributed by atoms with van der Waals surface area (Å²) in [7, 11) is 1.55. The number of hydrogen-bond donors (Lipinski definition) is 1. The number of amides is 3. The summed E-state index contributed by atoms with van der Waals surface area (Å²) in [6.45, 7) is 1.35. The maximum absolute atomic E-state index is 13.8. The van der Waals surface area contributed by atoms with Crippen LogP contribution in [0.4, 0.5) is 0 Å². The van der Waals surface area contributed by atoms with Crippen LogP contribution in [0.1, 0.15) is 41.7 Å². The highest BCUT2D eigenvalue weighted by Gasteiger charge is 2.54. The Hall–Kier alpha value is -3.46. The molecule has 184 valence electrons. The van der Waals surface area contributed by atoms with Crippen LogP contribution < -0.4 is 10.1 Å². The van der Waals surface area contributed by atoms with Gasteiger partial charge in [-0.25, -0.2) is 0 Å². The SMILES string of the molecule is COc1cccc(C(=O)N2C(C(=O)NCc3ccccn3)COC23CCN(C(=O)C2CC2)CC3)c1. The number of rotatable bonds is 6. The third kappa shape index (κ3) is 4.73. The molecule has 35 heavy (non-hydrogen) atoms. The summed E-state index contributed by atoms with van der Waals surface area (Å²) >= 11 is 0. The topological polar surface area (TPSA) is 101 Å². The highest BCUT2D eigenvalue weighted by atomic mass is 16.5. The van der Waals surface area contributed by atoms with Crippen LogP contribution in [0.3, 0.4) is 0 Å². The molecule has 0 radical (unpaired) electrons. The molecule has 3 aliphatic rings. The molecular formula is C26H30N4O5. The average Bonchev–Trinajstić information content (AvgIpc) is 3.70. The minimum Gasteiger partial charge on any atom is -0.497 e. The summed E-state index contributed by atoms with van der Waals surface area (Å²) in [4.78, 5) is 47.4. The van der Waals surface area contributed by atoms with Crippen molar-refractivity contribution in [1.29, 1.82) is 0 Å². The fourth-order valence-corrected chi connectivity index (χ4v) is 4.93. The van der Waals surface area contributed by atoms with Crippen LogP contribution >= 0.6 is 0 Å². The Kier molecular flexibility index (Phi) is 6.42. The van der Waals surface area contributed by atoms with Crippen molar-refractivity contribution in [3.63, 3.8) is 0 Å². The molecule has 1 aliphatic carbocycles. The van der Waals surface area contributed by atoms with Gasteiger partial charge in [0.05, 0.1) is 26.0 Å². The normalized spacial score (nSPS) is 21.1. The Bertz CT molecular complexity index is 1100. The lowest BCUT2D eigenvalue weighted by atomic mass is 9.96. The number of benzene rings is 1. The highest BCUT2D eigenvalue weighted by Crippen LogP contribution is 2.40. The van der Waals surface area contributed by atoms with Gasteiger partial charge in [0, 0.05) is 43.6 Å². The highest BCUT2D eigenvalue weighted by molar-refractivity contribution is 5.98. The molecule has 1 unspecified atom stereocenters. The van der Waals surface area contributed by atoms with E-state index in [4.69, 9.17) is 9.47 Å². The van der Waals surface area contributed by atoms with Gasteiger partial charge in [-0.05, 0) is 43.2 Å². The van der Waals surface area contributed by atoms with E-state index < -0.39 is 11.8 Å². The number of ether oxygens (including phenoxy) is 2. The molecular weight excluding hydrogens is 448 g/mol. The van der Waals surface area contributed by atoms with E-state index in [9.17, 15) is 14.4 Å². The Balaban J connectivity index is 1.37. The number of nitrogens with zero attached hydrogens (tertiary/aromatic N) is 3. The van der Waals surface area contributed by atoms with Gasteiger partial charge in [0.2, 0.25) is 11.8 Å². The fourth-order valence-electron chi connectivity index (χ4n) is 4.93. The van der Waals surface area contributed by atoms with Gasteiger partial charge in [0.15, 0.2) is 0 Å². The van der Waals surface area contributed by atoms with E-state index in [1.165, 1.54) is 0 Å². The molecule has 2 aliphatic heterocycles. The van der Waals surface area contributed by atoms with Crippen molar-refractivity contribution in [1.82, 2.24) is 20.1 Å². The minimum atomic E-state index is -0.937. The first-order chi connectivity index (χ1) is 17.0. The molecule has 3 fully saturated rings. The van der Waals surface area contributed by atoms with Gasteiger partial charge < -0.3 is 19.7 Å². The third-order valence-electron chi connectivity index (χ3n) is 7.05. The molecule has 1 saturated carbocycles. The standard InChI is InChI=1S/C26H30N4O5/c1-34-21-7-4-5-19(15-21)25(33)30-22(23(31)28-16-20-6-2-3-12-27-20)17-35-26(30)10-13-29(14-11-26)24(32)18-8-9-18/h2-7,12,15,18,22H,8-11,13-14,16-17H2,1H3,(H,28,31). The van der Waals surface area contributed by atoms with E-state index >= 15 is 0 Å². The van der Waals surface area contributed by atoms with Crippen molar-refractivity contribution in [2.45, 2.75) is 44.0 Å². The van der Waals surface area contributed by atoms with Crippen molar-refractivity contribution in [3.05, 3.63) is 59.9 Å². The van der Waals surface area contributed by atoms with E-state index in [2.05, 4.69) is 10.3 Å². The van der Waals surface area contributed by atoms with Gasteiger partial charge in [0.1, 0.15) is 17.5 Å². The second kappa shape index (κ2) is 9.65. The number of hydrogen-bond acceptors (Lipinski definition) is 6. The predicted octanol–water partition coefficient (Wildman–Crippen LogP) is 1.98. The number of likely N-dealkylation sites (tertiary alicyclic amines) is 1. The number of nitrogens with one attached hydrogen (secondary N) is 1. The number of carbonyl (C=O) groups is 3.